The number of hydrogen-bond acceptors (Lipinski definition) is 4. The van der Waals surface area contributed by atoms with Crippen LogP contribution in [0.25, 0.3) is 10.8 Å². The van der Waals surface area contributed by atoms with Crippen LogP contribution in [0, 0.1) is 0 Å². The van der Waals surface area contributed by atoms with E-state index in [4.69, 9.17) is 14.2 Å². The van der Waals surface area contributed by atoms with Crippen molar-refractivity contribution in [3.05, 3.63) is 53.9 Å². The predicted molar refractivity (Wildman–Crippen MR) is 104 cm³/mol. The van der Waals surface area contributed by atoms with Crippen LogP contribution in [-0.4, -0.2) is 28.4 Å². The van der Waals surface area contributed by atoms with Gasteiger partial charge in [-0.05, 0) is 35.2 Å². The van der Waals surface area contributed by atoms with E-state index in [0.29, 0.717) is 0 Å². The normalized spacial score (nSPS) is 10.7. The average molecular weight is 353 g/mol. The maximum atomic E-state index is 5.55. The summed E-state index contributed by atoms with van der Waals surface area (Å²) < 4.78 is 18.5. The topological polar surface area (TPSA) is 43.6 Å². The Morgan fingerprint density at radius 1 is 0.885 bits per heavy atom. The second-order valence-corrected chi connectivity index (χ2v) is 6.13. The maximum absolute atomic E-state index is 5.55. The molecule has 0 spiro atoms. The summed E-state index contributed by atoms with van der Waals surface area (Å²) in [5, 5.41) is 5.53. The number of benzene rings is 2. The fourth-order valence-corrected chi connectivity index (χ4v) is 3.22. The second kappa shape index (κ2) is 7.52. The Morgan fingerprint density at radius 2 is 1.62 bits per heavy atom. The van der Waals surface area contributed by atoms with Crippen LogP contribution in [0.2, 0.25) is 0 Å². The van der Waals surface area contributed by atoms with Gasteiger partial charge >= 0.3 is 0 Å². The molecule has 0 saturated carbocycles. The number of nitrogens with zero attached hydrogens (tertiary/aromatic N) is 1. The van der Waals surface area contributed by atoms with Gasteiger partial charge in [-0.15, -0.1) is 0 Å². The largest absolute Gasteiger partial charge is 0.495 e. The van der Waals surface area contributed by atoms with Gasteiger partial charge in [0, 0.05) is 13.1 Å². The third-order valence-electron chi connectivity index (χ3n) is 4.67. The molecule has 1 N–H and O–H groups in total. The van der Waals surface area contributed by atoms with E-state index in [2.05, 4.69) is 47.4 Å². The van der Waals surface area contributed by atoms with Crippen LogP contribution >= 0.6 is 0 Å². The highest BCUT2D eigenvalue weighted by molar-refractivity contribution is 5.89. The summed E-state index contributed by atoms with van der Waals surface area (Å²) in [6, 6.07) is 12.4. The minimum Gasteiger partial charge on any atom is -0.495 e. The Balaban J connectivity index is 2.11. The summed E-state index contributed by atoms with van der Waals surface area (Å²) in [5.41, 5.74) is 3.34. The van der Waals surface area contributed by atoms with Gasteiger partial charge in [0.05, 0.1) is 38.8 Å². The van der Waals surface area contributed by atoms with Crippen LogP contribution in [0.4, 0.5) is 5.69 Å². The van der Waals surface area contributed by atoms with Crippen LogP contribution < -0.4 is 24.1 Å². The van der Waals surface area contributed by atoms with Crippen molar-refractivity contribution in [2.45, 2.75) is 6.42 Å². The Morgan fingerprint density at radius 3 is 2.27 bits per heavy atom. The summed E-state index contributed by atoms with van der Waals surface area (Å²) in [7, 11) is 8.96. The quantitative estimate of drug-likeness (QED) is 0.691. The monoisotopic (exact) mass is 353 g/mol. The van der Waals surface area contributed by atoms with E-state index >= 15 is 0 Å². The molecule has 1 aromatic heterocycles. The number of anilines is 1. The maximum Gasteiger partial charge on any atom is 0.193 e. The molecule has 26 heavy (non-hydrogen) atoms. The van der Waals surface area contributed by atoms with E-state index in [9.17, 15) is 0 Å². The first-order chi connectivity index (χ1) is 12.6. The first-order valence-corrected chi connectivity index (χ1v) is 8.49. The van der Waals surface area contributed by atoms with Gasteiger partial charge in [0.2, 0.25) is 0 Å². The molecule has 0 amide bonds. The lowest BCUT2D eigenvalue weighted by molar-refractivity contribution is -0.677. The minimum atomic E-state index is 0.735. The summed E-state index contributed by atoms with van der Waals surface area (Å²) >= 11 is 0. The summed E-state index contributed by atoms with van der Waals surface area (Å²) in [5.74, 6) is 2.31. The zero-order valence-electron chi connectivity index (χ0n) is 15.9. The minimum absolute atomic E-state index is 0.735. The van der Waals surface area contributed by atoms with Crippen molar-refractivity contribution in [1.82, 2.24) is 0 Å². The molecule has 136 valence electrons. The number of hydrogen-bond donors (Lipinski definition) is 1. The lowest BCUT2D eigenvalue weighted by atomic mass is 10.0. The standard InChI is InChI=1S/C21H24N2O3/c1-22-17-12-15-8-9-23(2)18(16(15)13-20(17)25-4)10-14-6-7-19(24-3)21(11-14)26-5/h6-9,11-13H,10H2,1-5H3/p+1. The van der Waals surface area contributed by atoms with Gasteiger partial charge < -0.3 is 19.5 Å². The third-order valence-corrected chi connectivity index (χ3v) is 4.67. The van der Waals surface area contributed by atoms with Gasteiger partial charge in [0.1, 0.15) is 12.8 Å². The van der Waals surface area contributed by atoms with Gasteiger partial charge in [-0.3, -0.25) is 0 Å². The van der Waals surface area contributed by atoms with Gasteiger partial charge in [-0.25, -0.2) is 4.57 Å². The molecule has 0 fully saturated rings. The third kappa shape index (κ3) is 3.25. The fraction of sp³-hybridized carbons (Fsp3) is 0.286. The Labute approximate surface area is 154 Å². The number of ether oxygens (including phenoxy) is 3. The van der Waals surface area contributed by atoms with Crippen molar-refractivity contribution >= 4 is 16.5 Å². The van der Waals surface area contributed by atoms with Crippen molar-refractivity contribution < 1.29 is 18.8 Å². The average Bonchev–Trinajstić information content (AvgIpc) is 2.68. The van der Waals surface area contributed by atoms with Crippen molar-refractivity contribution in [2.24, 2.45) is 7.05 Å². The molecule has 5 nitrogen and oxygen atoms in total. The van der Waals surface area contributed by atoms with Crippen LogP contribution in [0.15, 0.2) is 42.6 Å². The number of nitrogens with one attached hydrogen (secondary N) is 1. The Kier molecular flexibility index (Phi) is 5.16. The number of aromatic nitrogens is 1. The molecule has 0 radical (unpaired) electrons. The van der Waals surface area contributed by atoms with Crippen molar-refractivity contribution in [3.8, 4) is 17.2 Å². The molecule has 0 bridgehead atoms. The Hall–Kier alpha value is -2.95. The number of aryl methyl sites for hydroxylation is 1. The first kappa shape index (κ1) is 17.9. The number of methoxy groups -OCH3 is 3. The number of fused-ring (bicyclic) bond motifs is 1. The molecular weight excluding hydrogens is 328 g/mol. The van der Waals surface area contributed by atoms with Crippen molar-refractivity contribution in [1.29, 1.82) is 0 Å². The smallest absolute Gasteiger partial charge is 0.193 e. The molecule has 2 aromatic carbocycles. The van der Waals surface area contributed by atoms with Crippen LogP contribution in [-0.2, 0) is 13.5 Å². The summed E-state index contributed by atoms with van der Waals surface area (Å²) in [6.07, 6.45) is 2.86. The summed E-state index contributed by atoms with van der Waals surface area (Å²) in [6.45, 7) is 0. The number of pyridine rings is 1. The van der Waals surface area contributed by atoms with E-state index in [1.54, 1.807) is 21.3 Å². The molecule has 0 saturated heterocycles. The summed E-state index contributed by atoms with van der Waals surface area (Å²) in [4.78, 5) is 0. The lowest BCUT2D eigenvalue weighted by Gasteiger charge is -2.12. The van der Waals surface area contributed by atoms with E-state index in [1.165, 1.54) is 16.5 Å². The zero-order valence-corrected chi connectivity index (χ0v) is 15.9. The molecule has 0 unspecified atom stereocenters. The van der Waals surface area contributed by atoms with Gasteiger partial charge in [-0.1, -0.05) is 6.07 Å². The van der Waals surface area contributed by atoms with E-state index < -0.39 is 0 Å². The lowest BCUT2D eigenvalue weighted by Crippen LogP contribution is -2.33. The molecule has 0 aliphatic rings. The molecule has 0 aliphatic heterocycles. The molecule has 5 heteroatoms. The van der Waals surface area contributed by atoms with Gasteiger partial charge in [-0.2, -0.15) is 0 Å². The molecule has 3 aromatic rings. The van der Waals surface area contributed by atoms with E-state index in [-0.39, 0.29) is 0 Å². The number of rotatable bonds is 6. The highest BCUT2D eigenvalue weighted by Gasteiger charge is 2.17. The fourth-order valence-electron chi connectivity index (χ4n) is 3.22. The van der Waals surface area contributed by atoms with Gasteiger partial charge in [0.25, 0.3) is 0 Å². The Bertz CT molecular complexity index is 938. The molecule has 3 rings (SSSR count). The molecular formula is C21H25N2O3+. The molecule has 0 atom stereocenters. The highest BCUT2D eigenvalue weighted by atomic mass is 16.5. The van der Waals surface area contributed by atoms with E-state index in [0.717, 1.165) is 34.9 Å². The van der Waals surface area contributed by atoms with Crippen LogP contribution in [0.3, 0.4) is 0 Å². The SMILES string of the molecule is CNc1cc2cc[n+](C)c(Cc3ccc(OC)c(OC)c3)c2cc1OC. The predicted octanol–water partition coefficient (Wildman–Crippen LogP) is 3.32. The van der Waals surface area contributed by atoms with Crippen LogP contribution in [0.1, 0.15) is 11.3 Å². The van der Waals surface area contributed by atoms with Gasteiger partial charge in [0.15, 0.2) is 23.4 Å². The molecule has 0 aliphatic carbocycles. The highest BCUT2D eigenvalue weighted by Crippen LogP contribution is 2.32. The van der Waals surface area contributed by atoms with Crippen molar-refractivity contribution in [2.75, 3.05) is 33.7 Å². The molecule has 1 heterocycles. The first-order valence-electron chi connectivity index (χ1n) is 8.49. The second-order valence-electron chi connectivity index (χ2n) is 6.13. The van der Waals surface area contributed by atoms with E-state index in [1.807, 2.05) is 19.2 Å². The van der Waals surface area contributed by atoms with Crippen LogP contribution in [0.5, 0.6) is 17.2 Å². The van der Waals surface area contributed by atoms with Crippen molar-refractivity contribution in [3.63, 3.8) is 0 Å². The zero-order chi connectivity index (χ0) is 18.7.